The van der Waals surface area contributed by atoms with Gasteiger partial charge in [-0.2, -0.15) is 15.3 Å². The SMILES string of the molecule is O=C(OO)OO.[AlH3].[KH]. The maximum atomic E-state index is 9.24. The van der Waals surface area contributed by atoms with Crippen molar-refractivity contribution in [2.45, 2.75) is 0 Å². The zero-order chi connectivity index (χ0) is 4.99. The number of carbonyl (C=O) groups excluding carboxylic acids is 1. The van der Waals surface area contributed by atoms with Crippen LogP contribution in [0.4, 0.5) is 4.79 Å². The molecule has 0 bridgehead atoms. The zero-order valence-electron chi connectivity index (χ0n) is 2.62. The predicted molar refractivity (Wildman–Crippen MR) is 29.9 cm³/mol. The Bertz CT molecular complexity index is 50.4. The Kier molecular flexibility index (Phi) is 22.6. The van der Waals surface area contributed by atoms with E-state index in [9.17, 15) is 4.79 Å². The summed E-state index contributed by atoms with van der Waals surface area (Å²) in [5, 5.41) is 14.4. The van der Waals surface area contributed by atoms with E-state index in [2.05, 4.69) is 9.78 Å². The monoisotopic (exact) mass is 164 g/mol. The van der Waals surface area contributed by atoms with Crippen molar-refractivity contribution >= 4 is 74.9 Å². The van der Waals surface area contributed by atoms with Crippen molar-refractivity contribution < 1.29 is 25.1 Å². The fraction of sp³-hybridized carbons (Fsp3) is 0. The minimum absolute atomic E-state index is 0. The van der Waals surface area contributed by atoms with Crippen LogP contribution in [0.3, 0.4) is 0 Å². The fourth-order valence-corrected chi connectivity index (χ4v) is 0.0167. The van der Waals surface area contributed by atoms with Gasteiger partial charge in [-0.25, -0.2) is 0 Å². The molecule has 0 atom stereocenters. The maximum absolute atomic E-state index is 9.24. The summed E-state index contributed by atoms with van der Waals surface area (Å²) in [6, 6.07) is 0. The van der Waals surface area contributed by atoms with Gasteiger partial charge in [0.25, 0.3) is 0 Å². The van der Waals surface area contributed by atoms with Crippen molar-refractivity contribution in [2.24, 2.45) is 0 Å². The molecule has 44 valence electrons. The Labute approximate surface area is 98.4 Å². The molecule has 2 N–H and O–H groups in total. The molecule has 0 spiro atoms. The van der Waals surface area contributed by atoms with Crippen LogP contribution in [0.15, 0.2) is 0 Å². The van der Waals surface area contributed by atoms with Gasteiger partial charge in [-0.05, 0) is 0 Å². The molecule has 0 aromatic carbocycles. The Morgan fingerprint density at radius 1 is 1.25 bits per heavy atom. The third-order valence-electron chi connectivity index (χ3n) is 0.149. The molecular formula is CH6AlKO5. The van der Waals surface area contributed by atoms with Crippen LogP contribution in [0.25, 0.3) is 0 Å². The van der Waals surface area contributed by atoms with Gasteiger partial charge in [-0.15, -0.1) is 0 Å². The molecular weight excluding hydrogens is 158 g/mol. The molecule has 0 aromatic rings. The summed E-state index contributed by atoms with van der Waals surface area (Å²) in [5.74, 6) is 0. The second-order valence-electron chi connectivity index (χ2n) is 0.433. The number of carbonyl (C=O) groups is 1. The van der Waals surface area contributed by atoms with Crippen molar-refractivity contribution in [1.29, 1.82) is 0 Å². The van der Waals surface area contributed by atoms with Crippen LogP contribution in [0.1, 0.15) is 0 Å². The molecule has 0 rings (SSSR count). The van der Waals surface area contributed by atoms with Gasteiger partial charge in [0.1, 0.15) is 0 Å². The van der Waals surface area contributed by atoms with Crippen molar-refractivity contribution in [1.82, 2.24) is 0 Å². The van der Waals surface area contributed by atoms with Crippen LogP contribution in [0.5, 0.6) is 0 Å². The molecule has 0 saturated heterocycles. The topological polar surface area (TPSA) is 76.0 Å². The third-order valence-corrected chi connectivity index (χ3v) is 0.149. The van der Waals surface area contributed by atoms with Gasteiger partial charge >= 0.3 is 57.5 Å². The van der Waals surface area contributed by atoms with Crippen molar-refractivity contribution in [2.75, 3.05) is 0 Å². The summed E-state index contributed by atoms with van der Waals surface area (Å²) in [6.07, 6.45) is -1.55. The van der Waals surface area contributed by atoms with Crippen LogP contribution in [-0.2, 0) is 9.78 Å². The van der Waals surface area contributed by atoms with Gasteiger partial charge in [0.15, 0.2) is 17.4 Å². The molecule has 7 heteroatoms. The number of hydrogen-bond acceptors (Lipinski definition) is 5. The quantitative estimate of drug-likeness (QED) is 0.252. The molecule has 0 aromatic heterocycles. The van der Waals surface area contributed by atoms with E-state index >= 15 is 0 Å². The Morgan fingerprint density at radius 3 is 1.50 bits per heavy atom. The number of hydrogen-bond donors (Lipinski definition) is 2. The molecule has 0 radical (unpaired) electrons. The van der Waals surface area contributed by atoms with Crippen molar-refractivity contribution in [3.05, 3.63) is 0 Å². The molecule has 0 aliphatic carbocycles. The summed E-state index contributed by atoms with van der Waals surface area (Å²) in [4.78, 5) is 14.8. The molecule has 0 fully saturated rings. The van der Waals surface area contributed by atoms with E-state index in [0.717, 1.165) is 0 Å². The molecule has 8 heavy (non-hydrogen) atoms. The first-order chi connectivity index (χ1) is 2.81. The first kappa shape index (κ1) is 16.2. The van der Waals surface area contributed by atoms with Gasteiger partial charge in [-0.1, -0.05) is 0 Å². The molecule has 0 saturated carbocycles. The molecule has 0 amide bonds. The van der Waals surface area contributed by atoms with E-state index in [1.807, 2.05) is 0 Å². The van der Waals surface area contributed by atoms with E-state index < -0.39 is 6.16 Å². The van der Waals surface area contributed by atoms with Crippen molar-refractivity contribution in [3.63, 3.8) is 0 Å². The Hall–Kier alpha value is 1.36. The molecule has 0 unspecified atom stereocenters. The fourth-order valence-electron chi connectivity index (χ4n) is 0.0167. The summed E-state index contributed by atoms with van der Waals surface area (Å²) in [6.45, 7) is 0. The normalized spacial score (nSPS) is 5.25. The summed E-state index contributed by atoms with van der Waals surface area (Å²) in [5.41, 5.74) is 0. The average Bonchev–Trinajstić information content (AvgIpc) is 1.65. The summed E-state index contributed by atoms with van der Waals surface area (Å²) in [7, 11) is 0. The van der Waals surface area contributed by atoms with E-state index in [4.69, 9.17) is 10.5 Å². The van der Waals surface area contributed by atoms with E-state index in [-0.39, 0.29) is 68.7 Å². The molecule has 5 nitrogen and oxygen atoms in total. The van der Waals surface area contributed by atoms with Crippen LogP contribution in [-0.4, -0.2) is 85.4 Å². The average molecular weight is 164 g/mol. The first-order valence-electron chi connectivity index (χ1n) is 0.978. The zero-order valence-corrected chi connectivity index (χ0v) is 2.62. The van der Waals surface area contributed by atoms with Crippen molar-refractivity contribution in [3.8, 4) is 0 Å². The van der Waals surface area contributed by atoms with Crippen LogP contribution in [0.2, 0.25) is 0 Å². The van der Waals surface area contributed by atoms with Gasteiger partial charge in [-0.3, -0.25) is 9.78 Å². The van der Waals surface area contributed by atoms with E-state index in [1.54, 1.807) is 0 Å². The van der Waals surface area contributed by atoms with Gasteiger partial charge in [0.05, 0.1) is 0 Å². The van der Waals surface area contributed by atoms with E-state index in [1.165, 1.54) is 0 Å². The van der Waals surface area contributed by atoms with Gasteiger partial charge < -0.3 is 0 Å². The predicted octanol–water partition coefficient (Wildman–Crippen LogP) is -1.75. The third kappa shape index (κ3) is 10.4. The molecule has 0 aliphatic rings. The van der Waals surface area contributed by atoms with E-state index in [0.29, 0.717) is 0 Å². The van der Waals surface area contributed by atoms with Crippen LogP contribution >= 0.6 is 0 Å². The summed E-state index contributed by atoms with van der Waals surface area (Å²) < 4.78 is 0. The Morgan fingerprint density at radius 2 is 1.50 bits per heavy atom. The van der Waals surface area contributed by atoms with Gasteiger partial charge in [0.2, 0.25) is 0 Å². The number of rotatable bonds is 0. The van der Waals surface area contributed by atoms with Crippen LogP contribution in [0, 0.1) is 0 Å². The second kappa shape index (κ2) is 11.2. The first-order valence-corrected chi connectivity index (χ1v) is 0.978. The standard InChI is InChI=1S/CH2O5.Al.K.4H/c2-1(5-3)6-4;;;;;;/h3-4H;;;;;;. The molecule has 0 aliphatic heterocycles. The Balaban J connectivity index is -0.000000125. The molecule has 0 heterocycles. The minimum atomic E-state index is -1.55. The van der Waals surface area contributed by atoms with Gasteiger partial charge in [0, 0.05) is 0 Å². The summed E-state index contributed by atoms with van der Waals surface area (Å²) >= 11 is 0. The second-order valence-corrected chi connectivity index (χ2v) is 0.433. The van der Waals surface area contributed by atoms with Crippen LogP contribution < -0.4 is 0 Å².